The molecular weight excluding hydrogens is 354 g/mol. The van der Waals surface area contributed by atoms with Crippen molar-refractivity contribution in [2.45, 2.75) is 0 Å². The number of nitrogens with one attached hydrogen (secondary N) is 1. The summed E-state index contributed by atoms with van der Waals surface area (Å²) in [5, 5.41) is 5.00. The minimum Gasteiger partial charge on any atom is -0.454 e. The van der Waals surface area contributed by atoms with Gasteiger partial charge in [0.15, 0.2) is 11.5 Å². The molecule has 1 aliphatic rings. The highest BCUT2D eigenvalue weighted by Crippen LogP contribution is 2.39. The number of hydrogen-bond acceptors (Lipinski definition) is 4. The van der Waals surface area contributed by atoms with E-state index >= 15 is 0 Å². The van der Waals surface area contributed by atoms with Crippen LogP contribution in [0.2, 0.25) is 5.02 Å². The quantitative estimate of drug-likeness (QED) is 0.875. The molecule has 1 aromatic heterocycles. The molecule has 1 aromatic carbocycles. The molecule has 0 spiro atoms. The van der Waals surface area contributed by atoms with Crippen LogP contribution in [0, 0.1) is 0 Å². The monoisotopic (exact) mass is 359 g/mol. The van der Waals surface area contributed by atoms with Gasteiger partial charge in [-0.05, 0) is 27.4 Å². The molecule has 0 saturated heterocycles. The minimum absolute atomic E-state index is 0.166. The second-order valence-corrected chi connectivity index (χ2v) is 5.91. The number of fused-ring (bicyclic) bond motifs is 1. The van der Waals surface area contributed by atoms with Crippen LogP contribution in [0.15, 0.2) is 28.1 Å². The van der Waals surface area contributed by atoms with E-state index in [0.717, 1.165) is 4.47 Å². The van der Waals surface area contributed by atoms with Gasteiger partial charge in [-0.1, -0.05) is 11.6 Å². The van der Waals surface area contributed by atoms with Crippen molar-refractivity contribution in [3.8, 4) is 11.5 Å². The zero-order chi connectivity index (χ0) is 13.4. The number of carbonyl (C=O) groups is 1. The molecule has 2 heterocycles. The van der Waals surface area contributed by atoms with Crippen LogP contribution in [0.3, 0.4) is 0 Å². The highest BCUT2D eigenvalue weighted by molar-refractivity contribution is 9.10. The van der Waals surface area contributed by atoms with Gasteiger partial charge in [0.1, 0.15) is 4.88 Å². The maximum Gasteiger partial charge on any atom is 0.266 e. The Balaban J connectivity index is 1.88. The van der Waals surface area contributed by atoms with E-state index in [1.54, 1.807) is 12.1 Å². The van der Waals surface area contributed by atoms with Crippen LogP contribution in [-0.2, 0) is 0 Å². The van der Waals surface area contributed by atoms with E-state index in [1.807, 2.05) is 11.4 Å². The number of hydrogen-bond donors (Lipinski definition) is 1. The van der Waals surface area contributed by atoms with Gasteiger partial charge >= 0.3 is 0 Å². The van der Waals surface area contributed by atoms with Gasteiger partial charge in [-0.3, -0.25) is 4.79 Å². The molecular formula is C12H7BrClNO3S. The normalized spacial score (nSPS) is 12.5. The van der Waals surface area contributed by atoms with Crippen molar-refractivity contribution < 1.29 is 14.3 Å². The molecule has 0 aliphatic carbocycles. The fourth-order valence-corrected chi connectivity index (χ4v) is 3.30. The Morgan fingerprint density at radius 1 is 1.37 bits per heavy atom. The summed E-state index contributed by atoms with van der Waals surface area (Å²) >= 11 is 10.8. The van der Waals surface area contributed by atoms with Crippen LogP contribution in [-0.4, -0.2) is 12.7 Å². The van der Waals surface area contributed by atoms with E-state index in [-0.39, 0.29) is 12.7 Å². The fraction of sp³-hybridized carbons (Fsp3) is 0.0833. The second kappa shape index (κ2) is 5.03. The molecule has 1 amide bonds. The molecule has 0 atom stereocenters. The SMILES string of the molecule is O=C(Nc1cc2c(cc1Cl)OCO2)c1sccc1Br. The first-order valence-electron chi connectivity index (χ1n) is 5.28. The van der Waals surface area contributed by atoms with Gasteiger partial charge in [0.05, 0.1) is 10.7 Å². The smallest absolute Gasteiger partial charge is 0.266 e. The van der Waals surface area contributed by atoms with Crippen LogP contribution in [0.25, 0.3) is 0 Å². The van der Waals surface area contributed by atoms with E-state index < -0.39 is 0 Å². The molecule has 19 heavy (non-hydrogen) atoms. The summed E-state index contributed by atoms with van der Waals surface area (Å²) in [7, 11) is 0. The summed E-state index contributed by atoms with van der Waals surface area (Å²) in [6.45, 7) is 0.166. The second-order valence-electron chi connectivity index (χ2n) is 3.74. The number of carbonyl (C=O) groups excluding carboxylic acids is 1. The Bertz CT molecular complexity index is 658. The minimum atomic E-state index is -0.220. The molecule has 0 saturated carbocycles. The van der Waals surface area contributed by atoms with Gasteiger partial charge in [0.25, 0.3) is 5.91 Å². The van der Waals surface area contributed by atoms with E-state index in [9.17, 15) is 4.79 Å². The summed E-state index contributed by atoms with van der Waals surface area (Å²) in [6, 6.07) is 5.11. The maximum absolute atomic E-state index is 12.1. The van der Waals surface area contributed by atoms with Crippen molar-refractivity contribution in [1.82, 2.24) is 0 Å². The van der Waals surface area contributed by atoms with Crippen molar-refractivity contribution in [2.24, 2.45) is 0 Å². The average Bonchev–Trinajstić information content (AvgIpc) is 2.98. The molecule has 2 aromatic rings. The largest absolute Gasteiger partial charge is 0.454 e. The van der Waals surface area contributed by atoms with Crippen molar-refractivity contribution >= 4 is 50.5 Å². The molecule has 0 radical (unpaired) electrons. The molecule has 3 rings (SSSR count). The molecule has 98 valence electrons. The first-order chi connectivity index (χ1) is 9.15. The lowest BCUT2D eigenvalue weighted by atomic mass is 10.2. The van der Waals surface area contributed by atoms with E-state index in [1.165, 1.54) is 11.3 Å². The van der Waals surface area contributed by atoms with Gasteiger partial charge < -0.3 is 14.8 Å². The van der Waals surface area contributed by atoms with Crippen LogP contribution < -0.4 is 14.8 Å². The number of amides is 1. The zero-order valence-electron chi connectivity index (χ0n) is 9.41. The molecule has 0 fully saturated rings. The van der Waals surface area contributed by atoms with Crippen molar-refractivity contribution in [2.75, 3.05) is 12.1 Å². The first kappa shape index (κ1) is 12.8. The molecule has 1 N–H and O–H groups in total. The third-order valence-electron chi connectivity index (χ3n) is 2.53. The molecule has 4 nitrogen and oxygen atoms in total. The lowest BCUT2D eigenvalue weighted by Gasteiger charge is -2.07. The number of rotatable bonds is 2. The third kappa shape index (κ3) is 2.43. The summed E-state index contributed by atoms with van der Waals surface area (Å²) in [5.74, 6) is 0.938. The standard InChI is InChI=1S/C12H7BrClNO3S/c13-6-1-2-19-11(6)12(16)15-8-4-10-9(3-7(8)14)17-5-18-10/h1-4H,5H2,(H,15,16). The number of anilines is 1. The van der Waals surface area contributed by atoms with Gasteiger partial charge in [0.2, 0.25) is 6.79 Å². The zero-order valence-corrected chi connectivity index (χ0v) is 12.6. The van der Waals surface area contributed by atoms with Gasteiger partial charge in [-0.2, -0.15) is 0 Å². The van der Waals surface area contributed by atoms with Crippen LogP contribution in [0.5, 0.6) is 11.5 Å². The predicted octanol–water partition coefficient (Wildman–Crippen LogP) is 4.15. The van der Waals surface area contributed by atoms with E-state index in [2.05, 4.69) is 21.2 Å². The number of ether oxygens (including phenoxy) is 2. The molecule has 0 unspecified atom stereocenters. The maximum atomic E-state index is 12.1. The summed E-state index contributed by atoms with van der Waals surface area (Å²) < 4.78 is 11.2. The highest BCUT2D eigenvalue weighted by Gasteiger charge is 2.19. The van der Waals surface area contributed by atoms with Crippen LogP contribution in [0.1, 0.15) is 9.67 Å². The number of thiophene rings is 1. The lowest BCUT2D eigenvalue weighted by molar-refractivity contribution is 0.103. The summed E-state index contributed by atoms with van der Waals surface area (Å²) in [5.41, 5.74) is 0.496. The van der Waals surface area contributed by atoms with Gasteiger partial charge in [0, 0.05) is 16.6 Å². The number of halogens is 2. The van der Waals surface area contributed by atoms with Crippen LogP contribution in [0.4, 0.5) is 5.69 Å². The Morgan fingerprint density at radius 3 is 2.79 bits per heavy atom. The Hall–Kier alpha value is -1.24. The van der Waals surface area contributed by atoms with E-state index in [4.69, 9.17) is 21.1 Å². The van der Waals surface area contributed by atoms with E-state index in [0.29, 0.717) is 27.1 Å². The van der Waals surface area contributed by atoms with Crippen molar-refractivity contribution in [1.29, 1.82) is 0 Å². The summed E-state index contributed by atoms with van der Waals surface area (Å²) in [4.78, 5) is 12.7. The highest BCUT2D eigenvalue weighted by atomic mass is 79.9. The fourth-order valence-electron chi connectivity index (χ4n) is 1.65. The Morgan fingerprint density at radius 2 is 2.11 bits per heavy atom. The summed E-state index contributed by atoms with van der Waals surface area (Å²) in [6.07, 6.45) is 0. The van der Waals surface area contributed by atoms with Crippen molar-refractivity contribution in [3.05, 3.63) is 38.0 Å². The molecule has 1 aliphatic heterocycles. The molecule has 7 heteroatoms. The van der Waals surface area contributed by atoms with Gasteiger partial charge in [-0.25, -0.2) is 0 Å². The Kier molecular flexibility index (Phi) is 3.38. The first-order valence-corrected chi connectivity index (χ1v) is 7.33. The number of benzene rings is 1. The lowest BCUT2D eigenvalue weighted by Crippen LogP contribution is -2.11. The third-order valence-corrected chi connectivity index (χ3v) is 4.68. The Labute approximate surface area is 126 Å². The average molecular weight is 361 g/mol. The topological polar surface area (TPSA) is 47.6 Å². The van der Waals surface area contributed by atoms with Gasteiger partial charge in [-0.15, -0.1) is 11.3 Å². The predicted molar refractivity (Wildman–Crippen MR) is 77.5 cm³/mol. The van der Waals surface area contributed by atoms with Crippen LogP contribution >= 0.6 is 38.9 Å². The van der Waals surface area contributed by atoms with Crippen molar-refractivity contribution in [3.63, 3.8) is 0 Å². The molecule has 0 bridgehead atoms.